The van der Waals surface area contributed by atoms with E-state index >= 15 is 4.39 Å². The van der Waals surface area contributed by atoms with E-state index in [1.54, 1.807) is 12.4 Å². The molecule has 0 spiro atoms. The molecule has 2 aromatic rings. The number of aromatic nitrogens is 1. The standard InChI is InChI=1S/C19H20FN7O2/c20-16-14(12-29-19(28)25-18(22)23)2-1-13(11-21)17(16)27-9-7-26(8-10-27)15-3-5-24-6-4-15/h1-6H,7-10,12H2,(H4,22,23,25,28). The lowest BCUT2D eigenvalue weighted by molar-refractivity contribution is 0.143. The van der Waals surface area contributed by atoms with E-state index in [0.717, 1.165) is 5.69 Å². The molecule has 0 atom stereocenters. The maximum Gasteiger partial charge on any atom is 0.414 e. The van der Waals surface area contributed by atoms with Gasteiger partial charge in [0.15, 0.2) is 11.8 Å². The van der Waals surface area contributed by atoms with Crippen LogP contribution in [0.15, 0.2) is 36.7 Å². The summed E-state index contributed by atoms with van der Waals surface area (Å²) in [6, 6.07) is 8.78. The van der Waals surface area contributed by atoms with E-state index in [0.29, 0.717) is 26.2 Å². The predicted octanol–water partition coefficient (Wildman–Crippen LogP) is 1.54. The molecular weight excluding hydrogens is 377 g/mol. The minimum Gasteiger partial charge on any atom is -0.444 e. The lowest BCUT2D eigenvalue weighted by atomic mass is 10.1. The summed E-state index contributed by atoms with van der Waals surface area (Å²) >= 11 is 0. The van der Waals surface area contributed by atoms with E-state index in [9.17, 15) is 10.1 Å². The average molecular weight is 397 g/mol. The van der Waals surface area contributed by atoms with Gasteiger partial charge >= 0.3 is 6.09 Å². The first-order valence-corrected chi connectivity index (χ1v) is 8.88. The van der Waals surface area contributed by atoms with Gasteiger partial charge in [-0.15, -0.1) is 0 Å². The molecule has 4 N–H and O–H groups in total. The Bertz CT molecular complexity index is 938. The van der Waals surface area contributed by atoms with Crippen molar-refractivity contribution < 1.29 is 13.9 Å². The van der Waals surface area contributed by atoms with E-state index in [2.05, 4.69) is 9.88 Å². The number of nitriles is 1. The molecule has 0 unspecified atom stereocenters. The fraction of sp³-hybridized carbons (Fsp3) is 0.263. The van der Waals surface area contributed by atoms with Gasteiger partial charge in [0.1, 0.15) is 12.7 Å². The molecular formula is C19H20FN7O2. The maximum absolute atomic E-state index is 15.1. The number of nitrogens with two attached hydrogens (primary N) is 1. The zero-order valence-corrected chi connectivity index (χ0v) is 15.6. The van der Waals surface area contributed by atoms with Crippen molar-refractivity contribution in [3.63, 3.8) is 0 Å². The van der Waals surface area contributed by atoms with E-state index in [1.165, 1.54) is 12.1 Å². The number of carbonyl (C=O) groups is 1. The highest BCUT2D eigenvalue weighted by molar-refractivity contribution is 5.90. The molecule has 9 nitrogen and oxygen atoms in total. The molecule has 3 rings (SSSR count). The SMILES string of the molecule is N#Cc1ccc(COC(=O)NC(=N)N)c(F)c1N1CCN(c2ccncc2)CC1. The molecule has 150 valence electrons. The number of amides is 1. The molecule has 1 saturated heterocycles. The Hall–Kier alpha value is -3.87. The third-order valence-electron chi connectivity index (χ3n) is 4.54. The first-order chi connectivity index (χ1) is 14.0. The van der Waals surface area contributed by atoms with Gasteiger partial charge in [-0.25, -0.2) is 9.18 Å². The Balaban J connectivity index is 1.74. The number of rotatable bonds is 4. The molecule has 0 radical (unpaired) electrons. The van der Waals surface area contributed by atoms with Crippen LogP contribution in [-0.4, -0.2) is 43.2 Å². The average Bonchev–Trinajstić information content (AvgIpc) is 2.73. The number of hydrogen-bond acceptors (Lipinski definition) is 7. The van der Waals surface area contributed by atoms with Crippen molar-refractivity contribution in [3.05, 3.63) is 53.6 Å². The lowest BCUT2D eigenvalue weighted by Gasteiger charge is -2.37. The number of nitrogens with zero attached hydrogens (tertiary/aromatic N) is 4. The van der Waals surface area contributed by atoms with Crippen LogP contribution in [-0.2, 0) is 11.3 Å². The summed E-state index contributed by atoms with van der Waals surface area (Å²) in [5, 5.41) is 18.4. The van der Waals surface area contributed by atoms with Crippen LogP contribution in [0.1, 0.15) is 11.1 Å². The molecule has 0 saturated carbocycles. The van der Waals surface area contributed by atoms with E-state index in [4.69, 9.17) is 15.9 Å². The van der Waals surface area contributed by atoms with E-state index < -0.39 is 17.9 Å². The molecule has 1 aliphatic heterocycles. The second kappa shape index (κ2) is 8.88. The van der Waals surface area contributed by atoms with Crippen LogP contribution >= 0.6 is 0 Å². The summed E-state index contributed by atoms with van der Waals surface area (Å²) in [7, 11) is 0. The van der Waals surface area contributed by atoms with Gasteiger partial charge in [0.25, 0.3) is 0 Å². The van der Waals surface area contributed by atoms with Crippen molar-refractivity contribution in [3.8, 4) is 6.07 Å². The second-order valence-corrected chi connectivity index (χ2v) is 6.34. The van der Waals surface area contributed by atoms with E-state index in [-0.39, 0.29) is 23.4 Å². The monoisotopic (exact) mass is 397 g/mol. The summed E-state index contributed by atoms with van der Waals surface area (Å²) in [5.41, 5.74) is 6.65. The third kappa shape index (κ3) is 4.70. The zero-order valence-electron chi connectivity index (χ0n) is 15.6. The number of ether oxygens (including phenoxy) is 1. The van der Waals surface area contributed by atoms with Gasteiger partial charge in [0, 0.05) is 49.8 Å². The van der Waals surface area contributed by atoms with Gasteiger partial charge in [-0.3, -0.25) is 15.7 Å². The van der Waals surface area contributed by atoms with E-state index in [1.807, 2.05) is 28.4 Å². The fourth-order valence-corrected chi connectivity index (χ4v) is 3.15. The first kappa shape index (κ1) is 19.9. The molecule has 2 heterocycles. The quantitative estimate of drug-likeness (QED) is 0.527. The van der Waals surface area contributed by atoms with Crippen molar-refractivity contribution in [2.75, 3.05) is 36.0 Å². The molecule has 1 aliphatic rings. The van der Waals surface area contributed by atoms with Crippen molar-refractivity contribution >= 4 is 23.4 Å². The van der Waals surface area contributed by atoms with Gasteiger partial charge in [0.05, 0.1) is 11.3 Å². The van der Waals surface area contributed by atoms with Crippen molar-refractivity contribution in [2.45, 2.75) is 6.61 Å². The number of piperazine rings is 1. The first-order valence-electron chi connectivity index (χ1n) is 8.88. The smallest absolute Gasteiger partial charge is 0.414 e. The number of nitrogens with one attached hydrogen (secondary N) is 2. The highest BCUT2D eigenvalue weighted by atomic mass is 19.1. The summed E-state index contributed by atoms with van der Waals surface area (Å²) in [5.74, 6) is -1.17. The Morgan fingerprint density at radius 2 is 1.90 bits per heavy atom. The van der Waals surface area contributed by atoms with Gasteiger partial charge in [-0.05, 0) is 18.2 Å². The van der Waals surface area contributed by atoms with Gasteiger partial charge in [-0.1, -0.05) is 6.07 Å². The number of alkyl carbamates (subject to hydrolysis) is 1. The summed E-state index contributed by atoms with van der Waals surface area (Å²) < 4.78 is 20.0. The topological polar surface area (TPSA) is 131 Å². The molecule has 10 heteroatoms. The van der Waals surface area contributed by atoms with Crippen molar-refractivity contribution in [2.24, 2.45) is 5.73 Å². The number of carbonyl (C=O) groups excluding carboxylic acids is 1. The molecule has 1 aromatic carbocycles. The third-order valence-corrected chi connectivity index (χ3v) is 4.54. The Morgan fingerprint density at radius 1 is 1.24 bits per heavy atom. The molecule has 1 amide bonds. The number of halogens is 1. The minimum atomic E-state index is -0.950. The van der Waals surface area contributed by atoms with Crippen LogP contribution in [0.25, 0.3) is 0 Å². The second-order valence-electron chi connectivity index (χ2n) is 6.34. The molecule has 1 fully saturated rings. The molecule has 1 aromatic heterocycles. The minimum absolute atomic E-state index is 0.134. The zero-order chi connectivity index (χ0) is 20.8. The number of guanidine groups is 1. The lowest BCUT2D eigenvalue weighted by Crippen LogP contribution is -2.47. The highest BCUT2D eigenvalue weighted by Gasteiger charge is 2.24. The van der Waals surface area contributed by atoms with Crippen molar-refractivity contribution in [1.29, 1.82) is 10.7 Å². The van der Waals surface area contributed by atoms with Crippen LogP contribution in [0, 0.1) is 22.6 Å². The summed E-state index contributed by atoms with van der Waals surface area (Å²) in [6.07, 6.45) is 2.50. The molecule has 0 bridgehead atoms. The Kier molecular flexibility index (Phi) is 6.09. The molecule has 0 aliphatic carbocycles. The van der Waals surface area contributed by atoms with Crippen LogP contribution in [0.4, 0.5) is 20.6 Å². The molecule has 29 heavy (non-hydrogen) atoms. The summed E-state index contributed by atoms with van der Waals surface area (Å²) in [4.78, 5) is 19.5. The Labute approximate surface area is 167 Å². The Morgan fingerprint density at radius 3 is 2.52 bits per heavy atom. The summed E-state index contributed by atoms with van der Waals surface area (Å²) in [6.45, 7) is 2.04. The number of pyridine rings is 1. The van der Waals surface area contributed by atoms with Gasteiger partial charge < -0.3 is 20.3 Å². The predicted molar refractivity (Wildman–Crippen MR) is 105 cm³/mol. The normalized spacial score (nSPS) is 13.5. The van der Waals surface area contributed by atoms with Crippen LogP contribution in [0.3, 0.4) is 0 Å². The van der Waals surface area contributed by atoms with Gasteiger partial charge in [-0.2, -0.15) is 5.26 Å². The fourth-order valence-electron chi connectivity index (χ4n) is 3.15. The largest absolute Gasteiger partial charge is 0.444 e. The van der Waals surface area contributed by atoms with Crippen LogP contribution in [0.2, 0.25) is 0 Å². The number of benzene rings is 1. The maximum atomic E-state index is 15.1. The highest BCUT2D eigenvalue weighted by Crippen LogP contribution is 2.29. The number of anilines is 2. The van der Waals surface area contributed by atoms with Crippen molar-refractivity contribution in [1.82, 2.24) is 10.3 Å². The van der Waals surface area contributed by atoms with Crippen LogP contribution in [0.5, 0.6) is 0 Å². The number of hydrogen-bond donors (Lipinski definition) is 3. The van der Waals surface area contributed by atoms with Crippen LogP contribution < -0.4 is 20.9 Å². The van der Waals surface area contributed by atoms with Gasteiger partial charge in [0.2, 0.25) is 0 Å².